The maximum Gasteiger partial charge on any atom is 0.177 e. The van der Waals surface area contributed by atoms with E-state index < -0.39 is 11.6 Å². The second kappa shape index (κ2) is 7.21. The topological polar surface area (TPSA) is 37.9 Å². The van der Waals surface area contributed by atoms with Crippen LogP contribution in [0.4, 0.5) is 8.78 Å². The van der Waals surface area contributed by atoms with Crippen molar-refractivity contribution in [2.45, 2.75) is 4.90 Å². The van der Waals surface area contributed by atoms with Gasteiger partial charge in [-0.2, -0.15) is 5.26 Å². The Kier molecular flexibility index (Phi) is 5.22. The van der Waals surface area contributed by atoms with E-state index in [0.29, 0.717) is 4.90 Å². The third-order valence-electron chi connectivity index (χ3n) is 3.38. The van der Waals surface area contributed by atoms with Crippen molar-refractivity contribution in [1.29, 1.82) is 5.26 Å². The van der Waals surface area contributed by atoms with E-state index in [1.54, 1.807) is 6.07 Å². The van der Waals surface area contributed by atoms with Crippen molar-refractivity contribution >= 4 is 53.0 Å². The van der Waals surface area contributed by atoms with Crippen molar-refractivity contribution in [3.05, 3.63) is 53.7 Å². The van der Waals surface area contributed by atoms with Crippen molar-refractivity contribution in [3.8, 4) is 17.6 Å². The van der Waals surface area contributed by atoms with E-state index in [4.69, 9.17) is 10.00 Å². The fourth-order valence-corrected chi connectivity index (χ4v) is 4.39. The van der Waals surface area contributed by atoms with Crippen LogP contribution in [-0.2, 0) is 0 Å². The number of halogens is 3. The molecular formula is C16H9F2IN2OS2. The summed E-state index contributed by atoms with van der Waals surface area (Å²) in [6, 6.07) is 8.81. The van der Waals surface area contributed by atoms with Crippen LogP contribution in [0.1, 0.15) is 5.56 Å². The van der Waals surface area contributed by atoms with E-state index >= 15 is 0 Å². The highest BCUT2D eigenvalue weighted by molar-refractivity contribution is 14.2. The van der Waals surface area contributed by atoms with Crippen molar-refractivity contribution in [3.63, 3.8) is 0 Å². The number of ether oxygens (including phenoxy) is 1. The van der Waals surface area contributed by atoms with E-state index in [9.17, 15) is 8.78 Å². The van der Waals surface area contributed by atoms with E-state index in [-0.39, 0.29) is 17.1 Å². The molecule has 0 unspecified atom stereocenters. The van der Waals surface area contributed by atoms with Gasteiger partial charge >= 0.3 is 0 Å². The molecule has 0 saturated carbocycles. The molecule has 0 spiro atoms. The first-order chi connectivity index (χ1) is 11.6. The Morgan fingerprint density at radius 1 is 1.21 bits per heavy atom. The number of aromatic nitrogens is 1. The quantitative estimate of drug-likeness (QED) is 0.336. The van der Waals surface area contributed by atoms with Crippen LogP contribution in [0.3, 0.4) is 0 Å². The number of benzene rings is 2. The molecule has 3 aromatic rings. The van der Waals surface area contributed by atoms with Crippen LogP contribution in [-0.4, -0.2) is 10.2 Å². The molecule has 122 valence electrons. The number of rotatable bonds is 4. The zero-order valence-electron chi connectivity index (χ0n) is 12.2. The van der Waals surface area contributed by atoms with E-state index in [2.05, 4.69) is 21.2 Å². The van der Waals surface area contributed by atoms with Gasteiger partial charge in [0.1, 0.15) is 17.6 Å². The van der Waals surface area contributed by atoms with Gasteiger partial charge in [-0.05, 0) is 24.5 Å². The van der Waals surface area contributed by atoms with E-state index in [0.717, 1.165) is 17.0 Å². The third-order valence-corrected chi connectivity index (χ3v) is 5.93. The highest BCUT2D eigenvalue weighted by Gasteiger charge is 2.18. The molecule has 0 amide bonds. The van der Waals surface area contributed by atoms with E-state index in [1.807, 2.05) is 22.5 Å². The molecule has 0 radical (unpaired) electrons. The highest BCUT2D eigenvalue weighted by Crippen LogP contribution is 2.41. The molecule has 0 atom stereocenters. The summed E-state index contributed by atoms with van der Waals surface area (Å²) in [6.07, 6.45) is 3.69. The molecule has 3 nitrogen and oxygen atoms in total. The molecule has 0 aliphatic rings. The Hall–Kier alpha value is -1.44. The van der Waals surface area contributed by atoms with Crippen LogP contribution in [0.15, 0.2) is 41.4 Å². The zero-order valence-corrected chi connectivity index (χ0v) is 16.0. The summed E-state index contributed by atoms with van der Waals surface area (Å²) in [5.41, 5.74) is 0.604. The molecule has 1 heterocycles. The maximum atomic E-state index is 14.6. The summed E-state index contributed by atoms with van der Waals surface area (Å²) in [4.78, 5) is 0.650. The predicted octanol–water partition coefficient (Wildman–Crippen LogP) is 6.15. The maximum absolute atomic E-state index is 14.6. The molecule has 0 fully saturated rings. The summed E-state index contributed by atoms with van der Waals surface area (Å²) < 4.78 is 35.5. The fraction of sp³-hybridized carbons (Fsp3) is 0.0625. The standard InChI is InChI=1S/C16H9F2IN2OS2/c1-23-16-11-4-5-21(24-19)14(11)7-13(18)15(16)22-10-2-3-12(17)9(6-10)8-20/h2-7H,1H3. The fourth-order valence-electron chi connectivity index (χ4n) is 2.31. The van der Waals surface area contributed by atoms with Gasteiger partial charge in [-0.25, -0.2) is 8.78 Å². The van der Waals surface area contributed by atoms with Crippen LogP contribution in [0, 0.1) is 23.0 Å². The minimum absolute atomic E-state index is 0.0710. The molecule has 2 aromatic carbocycles. The highest BCUT2D eigenvalue weighted by atomic mass is 127. The monoisotopic (exact) mass is 474 g/mol. The normalized spacial score (nSPS) is 10.8. The van der Waals surface area contributed by atoms with Crippen molar-refractivity contribution < 1.29 is 13.5 Å². The molecule has 8 heteroatoms. The van der Waals surface area contributed by atoms with Gasteiger partial charge in [0.2, 0.25) is 0 Å². The minimum Gasteiger partial charge on any atom is -0.453 e. The second-order valence-electron chi connectivity index (χ2n) is 4.72. The smallest absolute Gasteiger partial charge is 0.177 e. The van der Waals surface area contributed by atoms with Crippen molar-refractivity contribution in [1.82, 2.24) is 3.97 Å². The molecule has 0 aliphatic heterocycles. The van der Waals surface area contributed by atoms with Crippen LogP contribution >= 0.6 is 42.1 Å². The molecule has 24 heavy (non-hydrogen) atoms. The molecule has 0 saturated heterocycles. The summed E-state index contributed by atoms with van der Waals surface area (Å²) in [5, 5.41) is 9.77. The number of nitriles is 1. The lowest BCUT2D eigenvalue weighted by atomic mass is 10.2. The Morgan fingerprint density at radius 3 is 2.67 bits per heavy atom. The Balaban J connectivity index is 2.13. The first-order valence-electron chi connectivity index (χ1n) is 6.63. The number of thioether (sulfide) groups is 1. The Labute approximate surface area is 157 Å². The van der Waals surface area contributed by atoms with Gasteiger partial charge in [0.15, 0.2) is 11.6 Å². The van der Waals surface area contributed by atoms with Gasteiger partial charge < -0.3 is 4.74 Å². The molecule has 1 aromatic heterocycles. The third kappa shape index (κ3) is 3.08. The number of hydrogen-bond acceptors (Lipinski definition) is 4. The lowest BCUT2D eigenvalue weighted by Gasteiger charge is -2.13. The van der Waals surface area contributed by atoms with Gasteiger partial charge in [-0.1, -0.05) is 0 Å². The minimum atomic E-state index is -0.637. The average molecular weight is 474 g/mol. The number of nitrogens with zero attached hydrogens (tertiary/aromatic N) is 2. The molecular weight excluding hydrogens is 465 g/mol. The van der Waals surface area contributed by atoms with Gasteiger partial charge in [0, 0.05) is 54.0 Å². The Morgan fingerprint density at radius 2 is 2.00 bits per heavy atom. The first kappa shape index (κ1) is 17.4. The second-order valence-corrected chi connectivity index (χ2v) is 7.25. The SMILES string of the molecule is CSc1c(Oc2ccc(F)c(C#N)c2)c(F)cc2c1ccn2SI. The lowest BCUT2D eigenvalue weighted by Crippen LogP contribution is -1.94. The number of fused-ring (bicyclic) bond motifs is 1. The molecule has 3 rings (SSSR count). The van der Waals surface area contributed by atoms with Crippen LogP contribution in [0.25, 0.3) is 10.9 Å². The van der Waals surface area contributed by atoms with Crippen molar-refractivity contribution in [2.75, 3.05) is 6.26 Å². The average Bonchev–Trinajstić information content (AvgIpc) is 2.99. The summed E-state index contributed by atoms with van der Waals surface area (Å²) in [6.45, 7) is 0. The van der Waals surface area contributed by atoms with Gasteiger partial charge in [-0.3, -0.25) is 3.97 Å². The summed E-state index contributed by atoms with van der Waals surface area (Å²) >= 11 is 3.49. The number of hydrogen-bond donors (Lipinski definition) is 0. The zero-order chi connectivity index (χ0) is 17.3. The van der Waals surface area contributed by atoms with Gasteiger partial charge in [0.05, 0.1) is 16.0 Å². The predicted molar refractivity (Wildman–Crippen MR) is 102 cm³/mol. The molecule has 0 N–H and O–H groups in total. The van der Waals surface area contributed by atoms with Crippen molar-refractivity contribution in [2.24, 2.45) is 0 Å². The van der Waals surface area contributed by atoms with Crippen LogP contribution in [0.2, 0.25) is 0 Å². The molecule has 0 bridgehead atoms. The van der Waals surface area contributed by atoms with Gasteiger partial charge in [0.25, 0.3) is 0 Å². The van der Waals surface area contributed by atoms with Crippen LogP contribution < -0.4 is 4.74 Å². The van der Waals surface area contributed by atoms with Gasteiger partial charge in [-0.15, -0.1) is 11.8 Å². The van der Waals surface area contributed by atoms with E-state index in [1.165, 1.54) is 39.1 Å². The Bertz CT molecular complexity index is 969. The largest absolute Gasteiger partial charge is 0.453 e. The first-order valence-corrected chi connectivity index (χ1v) is 11.2. The van der Waals surface area contributed by atoms with Crippen LogP contribution in [0.5, 0.6) is 11.5 Å². The molecule has 0 aliphatic carbocycles. The summed E-state index contributed by atoms with van der Waals surface area (Å²) in [5.74, 6) is -0.868. The lowest BCUT2D eigenvalue weighted by molar-refractivity contribution is 0.431. The summed E-state index contributed by atoms with van der Waals surface area (Å²) in [7, 11) is 1.44.